The average Bonchev–Trinajstić information content (AvgIpc) is 3.32. The number of nitro benzene ring substituents is 1. The molecule has 8 nitrogen and oxygen atoms in total. The van der Waals surface area contributed by atoms with Crippen molar-refractivity contribution in [2.45, 2.75) is 25.8 Å². The minimum absolute atomic E-state index is 0.00739. The highest BCUT2D eigenvalue weighted by Gasteiger charge is 2.42. The third-order valence-electron chi connectivity index (χ3n) is 4.19. The van der Waals surface area contributed by atoms with Crippen LogP contribution in [0.25, 0.3) is 0 Å². The second-order valence-electron chi connectivity index (χ2n) is 5.85. The molecule has 120 valence electrons. The molecule has 0 unspecified atom stereocenters. The number of hydrogen-bond acceptors (Lipinski definition) is 5. The predicted molar refractivity (Wildman–Crippen MR) is 78.8 cm³/mol. The molecule has 1 fully saturated rings. The molecule has 1 aromatic rings. The predicted octanol–water partition coefficient (Wildman–Crippen LogP) is 1.11. The number of fused-ring (bicyclic) bond motifs is 1. The number of nitro groups is 1. The fourth-order valence-electron chi connectivity index (χ4n) is 2.77. The molecule has 0 bridgehead atoms. The quantitative estimate of drug-likeness (QED) is 0.497. The van der Waals surface area contributed by atoms with Gasteiger partial charge in [0.1, 0.15) is 12.1 Å². The summed E-state index contributed by atoms with van der Waals surface area (Å²) in [5, 5.41) is 13.8. The summed E-state index contributed by atoms with van der Waals surface area (Å²) in [7, 11) is 0. The van der Waals surface area contributed by atoms with E-state index in [0.717, 1.165) is 17.7 Å². The fourth-order valence-corrected chi connectivity index (χ4v) is 2.77. The molecule has 1 N–H and O–H groups in total. The molecule has 0 radical (unpaired) electrons. The van der Waals surface area contributed by atoms with Gasteiger partial charge in [-0.25, -0.2) is 0 Å². The summed E-state index contributed by atoms with van der Waals surface area (Å²) < 4.78 is 0. The standard InChI is InChI=1S/C15H15N3O5/c1-8(9-5-6-9)16-12(19)7-17-14(20)10-3-2-4-11(18(22)23)13(10)15(17)21/h2-4,8-9H,5-7H2,1H3,(H,16,19)/t8-/m0/s1. The first-order valence-corrected chi connectivity index (χ1v) is 7.33. The van der Waals surface area contributed by atoms with Crippen LogP contribution in [0.15, 0.2) is 18.2 Å². The summed E-state index contributed by atoms with van der Waals surface area (Å²) in [5.41, 5.74) is -0.701. The van der Waals surface area contributed by atoms with Crippen LogP contribution in [0.4, 0.5) is 5.69 Å². The number of amides is 3. The Morgan fingerprint density at radius 1 is 1.39 bits per heavy atom. The monoisotopic (exact) mass is 317 g/mol. The zero-order chi connectivity index (χ0) is 16.7. The van der Waals surface area contributed by atoms with E-state index in [0.29, 0.717) is 5.92 Å². The van der Waals surface area contributed by atoms with Gasteiger partial charge in [-0.15, -0.1) is 0 Å². The van der Waals surface area contributed by atoms with Gasteiger partial charge in [-0.1, -0.05) is 6.07 Å². The minimum Gasteiger partial charge on any atom is -0.352 e. The molecule has 1 heterocycles. The van der Waals surface area contributed by atoms with Crippen molar-refractivity contribution >= 4 is 23.4 Å². The lowest BCUT2D eigenvalue weighted by atomic mass is 10.1. The van der Waals surface area contributed by atoms with Crippen molar-refractivity contribution in [1.82, 2.24) is 10.2 Å². The molecule has 1 aliphatic carbocycles. The van der Waals surface area contributed by atoms with Crippen molar-refractivity contribution < 1.29 is 19.3 Å². The van der Waals surface area contributed by atoms with Crippen molar-refractivity contribution in [2.24, 2.45) is 5.92 Å². The van der Waals surface area contributed by atoms with Gasteiger partial charge in [0.05, 0.1) is 10.5 Å². The van der Waals surface area contributed by atoms with E-state index in [2.05, 4.69) is 5.32 Å². The normalized spacial score (nSPS) is 17.9. The Hall–Kier alpha value is -2.77. The first kappa shape index (κ1) is 15.1. The third-order valence-corrected chi connectivity index (χ3v) is 4.19. The molecule has 1 aliphatic heterocycles. The number of rotatable bonds is 5. The minimum atomic E-state index is -0.800. The Bertz CT molecular complexity index is 726. The summed E-state index contributed by atoms with van der Waals surface area (Å²) in [4.78, 5) is 47.6. The van der Waals surface area contributed by atoms with Gasteiger partial charge < -0.3 is 5.32 Å². The topological polar surface area (TPSA) is 110 Å². The van der Waals surface area contributed by atoms with Gasteiger partial charge in [-0.3, -0.25) is 29.4 Å². The Morgan fingerprint density at radius 3 is 2.70 bits per heavy atom. The van der Waals surface area contributed by atoms with E-state index in [1.54, 1.807) is 0 Å². The summed E-state index contributed by atoms with van der Waals surface area (Å²) in [5.74, 6) is -1.47. The second kappa shape index (κ2) is 5.45. The van der Waals surface area contributed by atoms with Gasteiger partial charge in [-0.05, 0) is 31.7 Å². The van der Waals surface area contributed by atoms with Crippen molar-refractivity contribution in [3.8, 4) is 0 Å². The number of imide groups is 1. The largest absolute Gasteiger partial charge is 0.352 e. The zero-order valence-corrected chi connectivity index (χ0v) is 12.4. The molecule has 0 saturated heterocycles. The molecule has 3 amide bonds. The lowest BCUT2D eigenvalue weighted by molar-refractivity contribution is -0.385. The summed E-state index contributed by atoms with van der Waals surface area (Å²) in [6.07, 6.45) is 2.11. The molecule has 1 aromatic carbocycles. The molecule has 23 heavy (non-hydrogen) atoms. The Morgan fingerprint density at radius 2 is 2.09 bits per heavy atom. The maximum atomic E-state index is 12.3. The molecule has 1 atom stereocenters. The molecule has 8 heteroatoms. The van der Waals surface area contributed by atoms with Gasteiger partial charge in [0, 0.05) is 12.1 Å². The number of nitrogens with one attached hydrogen (secondary N) is 1. The Labute approximate surface area is 131 Å². The maximum absolute atomic E-state index is 12.3. The number of carbonyl (C=O) groups excluding carboxylic acids is 3. The van der Waals surface area contributed by atoms with E-state index in [1.807, 2.05) is 6.92 Å². The van der Waals surface area contributed by atoms with Crippen molar-refractivity contribution in [1.29, 1.82) is 0 Å². The summed E-state index contributed by atoms with van der Waals surface area (Å²) in [6, 6.07) is 3.86. The molecule has 0 spiro atoms. The number of benzene rings is 1. The SMILES string of the molecule is C[C@H](NC(=O)CN1C(=O)c2cccc([N+](=O)[O-])c2C1=O)C1CC1. The maximum Gasteiger partial charge on any atom is 0.282 e. The van der Waals surface area contributed by atoms with Crippen LogP contribution in [0, 0.1) is 16.0 Å². The highest BCUT2D eigenvalue weighted by atomic mass is 16.6. The van der Waals surface area contributed by atoms with Crippen LogP contribution in [0.1, 0.15) is 40.5 Å². The number of hydrogen-bond donors (Lipinski definition) is 1. The van der Waals surface area contributed by atoms with Crippen molar-refractivity contribution in [3.63, 3.8) is 0 Å². The van der Waals surface area contributed by atoms with Gasteiger partial charge in [-0.2, -0.15) is 0 Å². The molecular weight excluding hydrogens is 302 g/mol. The van der Waals surface area contributed by atoms with E-state index in [1.165, 1.54) is 18.2 Å². The van der Waals surface area contributed by atoms with Gasteiger partial charge in [0.2, 0.25) is 5.91 Å². The van der Waals surface area contributed by atoms with Crippen molar-refractivity contribution in [3.05, 3.63) is 39.4 Å². The fraction of sp³-hybridized carbons (Fsp3) is 0.400. The van der Waals surface area contributed by atoms with Crippen LogP contribution in [0.2, 0.25) is 0 Å². The molecule has 0 aromatic heterocycles. The number of carbonyl (C=O) groups is 3. The zero-order valence-electron chi connectivity index (χ0n) is 12.4. The van der Waals surface area contributed by atoms with Crippen molar-refractivity contribution in [2.75, 3.05) is 6.54 Å². The Balaban J connectivity index is 1.78. The van der Waals surface area contributed by atoms with E-state index < -0.39 is 34.9 Å². The summed E-state index contributed by atoms with van der Waals surface area (Å²) >= 11 is 0. The lowest BCUT2D eigenvalue weighted by Crippen LogP contribution is -2.43. The van der Waals surface area contributed by atoms with Crippen LogP contribution in [-0.2, 0) is 4.79 Å². The lowest BCUT2D eigenvalue weighted by Gasteiger charge is -2.17. The van der Waals surface area contributed by atoms with Gasteiger partial charge in [0.15, 0.2) is 0 Å². The molecule has 3 rings (SSSR count). The van der Waals surface area contributed by atoms with Crippen LogP contribution in [0.5, 0.6) is 0 Å². The third kappa shape index (κ3) is 2.67. The molecule has 2 aliphatic rings. The van der Waals surface area contributed by atoms with Gasteiger partial charge in [0.25, 0.3) is 17.5 Å². The highest BCUT2D eigenvalue weighted by Crippen LogP contribution is 2.33. The first-order chi connectivity index (χ1) is 10.9. The van der Waals surface area contributed by atoms with E-state index >= 15 is 0 Å². The van der Waals surface area contributed by atoms with Crippen LogP contribution < -0.4 is 5.32 Å². The molecular formula is C15H15N3O5. The Kier molecular flexibility index (Phi) is 3.59. The van der Waals surface area contributed by atoms with E-state index in [9.17, 15) is 24.5 Å². The smallest absolute Gasteiger partial charge is 0.282 e. The number of nitrogens with zero attached hydrogens (tertiary/aromatic N) is 2. The highest BCUT2D eigenvalue weighted by molar-refractivity contribution is 6.24. The molecule has 1 saturated carbocycles. The second-order valence-corrected chi connectivity index (χ2v) is 5.85. The van der Waals surface area contributed by atoms with E-state index in [-0.39, 0.29) is 17.2 Å². The van der Waals surface area contributed by atoms with Crippen LogP contribution in [0.3, 0.4) is 0 Å². The van der Waals surface area contributed by atoms with Crippen LogP contribution >= 0.6 is 0 Å². The van der Waals surface area contributed by atoms with Crippen LogP contribution in [-0.4, -0.2) is 40.1 Å². The summed E-state index contributed by atoms with van der Waals surface area (Å²) in [6.45, 7) is 1.45. The first-order valence-electron chi connectivity index (χ1n) is 7.33. The van der Waals surface area contributed by atoms with Gasteiger partial charge >= 0.3 is 0 Å². The average molecular weight is 317 g/mol. The van der Waals surface area contributed by atoms with E-state index in [4.69, 9.17) is 0 Å².